The molecule has 0 N–H and O–H groups in total. The Kier molecular flexibility index (Phi) is 15.2. The smallest absolute Gasteiger partial charge is 0.339 e. The molecule has 0 atom stereocenters. The van der Waals surface area contributed by atoms with E-state index in [1.807, 2.05) is 0 Å². The summed E-state index contributed by atoms with van der Waals surface area (Å²) in [4.78, 5) is 24.4. The number of likely N-dealkylation sites (N-methyl/N-ethyl adjacent to an activating group) is 2. The molecule has 0 saturated carbocycles. The Hall–Kier alpha value is -1.66. The zero-order valence-corrected chi connectivity index (χ0v) is 21.8. The fraction of sp³-hybridized carbons (Fsp3) is 0.769. The van der Waals surface area contributed by atoms with Crippen LogP contribution in [0.15, 0.2) is 24.3 Å². The van der Waals surface area contributed by atoms with Gasteiger partial charge in [-0.05, 0) is 67.2 Å². The first-order valence-corrected chi connectivity index (χ1v) is 12.6. The molecular weight excluding hydrogens is 404 g/mol. The number of ether oxygens (including phenoxy) is 2. The van der Waals surface area contributed by atoms with Crippen molar-refractivity contribution in [2.45, 2.75) is 67.2 Å². The maximum absolute atomic E-state index is 12.2. The summed E-state index contributed by atoms with van der Waals surface area (Å²) >= 11 is 0. The molecule has 0 aromatic heterocycles. The summed E-state index contributed by atoms with van der Waals surface area (Å²) < 4.78 is 12.5. The minimum atomic E-state index is -0.281. The van der Waals surface area contributed by atoms with E-state index in [1.165, 1.54) is 0 Å². The second-order valence-electron chi connectivity index (χ2n) is 8.79. The van der Waals surface area contributed by atoms with E-state index in [4.69, 9.17) is 9.47 Å². The molecule has 0 heterocycles. The van der Waals surface area contributed by atoms with Gasteiger partial charge in [0.05, 0.1) is 63.6 Å². The Labute approximate surface area is 197 Å². The zero-order valence-electron chi connectivity index (χ0n) is 21.8. The van der Waals surface area contributed by atoms with Crippen LogP contribution in [0.4, 0.5) is 0 Å². The topological polar surface area (TPSA) is 52.6 Å². The maximum Gasteiger partial charge on any atom is 0.339 e. The van der Waals surface area contributed by atoms with Crippen molar-refractivity contribution in [1.82, 2.24) is 0 Å². The Bertz CT molecular complexity index is 524. The second-order valence-corrected chi connectivity index (χ2v) is 8.79. The number of carbonyl (C=O) groups excluding carboxylic acids is 2. The lowest BCUT2D eigenvalue weighted by molar-refractivity contribution is -0.918. The highest BCUT2D eigenvalue weighted by Crippen LogP contribution is 2.13. The molecule has 0 radical (unpaired) electrons. The standard InChI is InChI=1S/C26H50N2O4/c1-9-27(10-2,11-3)21-23(7)25(29)31-19-17-15-16-18-20-32-26(30)24(8)22-28(12-4,13-5)14-6/h7-22H2,1-6H3/q+2. The summed E-state index contributed by atoms with van der Waals surface area (Å²) in [6.45, 7) is 28.7. The average molecular weight is 455 g/mol. The van der Waals surface area contributed by atoms with Gasteiger partial charge in [-0.3, -0.25) is 0 Å². The summed E-state index contributed by atoms with van der Waals surface area (Å²) in [6.07, 6.45) is 3.47. The fourth-order valence-corrected chi connectivity index (χ4v) is 4.04. The summed E-state index contributed by atoms with van der Waals surface area (Å²) in [5, 5.41) is 0. The third-order valence-corrected chi connectivity index (χ3v) is 7.16. The van der Waals surface area contributed by atoms with Gasteiger partial charge in [0.1, 0.15) is 13.1 Å². The molecule has 0 bridgehead atoms. The minimum absolute atomic E-state index is 0.281. The van der Waals surface area contributed by atoms with Gasteiger partial charge < -0.3 is 18.4 Å². The van der Waals surface area contributed by atoms with Gasteiger partial charge in [0.2, 0.25) is 0 Å². The first kappa shape index (κ1) is 30.3. The lowest BCUT2D eigenvalue weighted by Crippen LogP contribution is -2.49. The molecule has 186 valence electrons. The highest BCUT2D eigenvalue weighted by molar-refractivity contribution is 5.88. The molecule has 0 amide bonds. The van der Waals surface area contributed by atoms with Crippen molar-refractivity contribution in [3.63, 3.8) is 0 Å². The molecule has 0 aliphatic rings. The second kappa shape index (κ2) is 16.0. The van der Waals surface area contributed by atoms with Crippen LogP contribution >= 0.6 is 0 Å². The first-order valence-electron chi connectivity index (χ1n) is 12.6. The van der Waals surface area contributed by atoms with Crippen molar-refractivity contribution >= 4 is 11.9 Å². The summed E-state index contributed by atoms with van der Waals surface area (Å²) in [6, 6.07) is 0. The highest BCUT2D eigenvalue weighted by Gasteiger charge is 2.26. The molecule has 6 heteroatoms. The number of hydrogen-bond donors (Lipinski definition) is 0. The monoisotopic (exact) mass is 454 g/mol. The van der Waals surface area contributed by atoms with Gasteiger partial charge in [-0.1, -0.05) is 13.2 Å². The van der Waals surface area contributed by atoms with Gasteiger partial charge in [0, 0.05) is 0 Å². The molecule has 32 heavy (non-hydrogen) atoms. The molecule has 0 fully saturated rings. The molecule has 0 unspecified atom stereocenters. The van der Waals surface area contributed by atoms with Crippen LogP contribution in [-0.2, 0) is 19.1 Å². The molecule has 6 nitrogen and oxygen atoms in total. The molecule has 0 saturated heterocycles. The number of nitrogens with zero attached hydrogens (tertiary/aromatic N) is 2. The third kappa shape index (κ3) is 10.3. The van der Waals surface area contributed by atoms with Gasteiger partial charge in [-0.2, -0.15) is 0 Å². The largest absolute Gasteiger partial charge is 0.462 e. The lowest BCUT2D eigenvalue weighted by atomic mass is 10.2. The van der Waals surface area contributed by atoms with E-state index in [0.29, 0.717) is 37.4 Å². The van der Waals surface area contributed by atoms with Crippen molar-refractivity contribution in [2.24, 2.45) is 0 Å². The Morgan fingerprint density at radius 1 is 0.562 bits per heavy atom. The van der Waals surface area contributed by atoms with E-state index < -0.39 is 0 Å². The SMILES string of the molecule is C=C(C[N+](CC)(CC)CC)C(=O)OCCCCCCOC(=O)C(=C)C[N+](CC)(CC)CC. The molecule has 0 aliphatic heterocycles. The lowest BCUT2D eigenvalue weighted by Gasteiger charge is -2.35. The normalized spacial score (nSPS) is 11.8. The molecule has 0 spiro atoms. The van der Waals surface area contributed by atoms with Crippen molar-refractivity contribution < 1.29 is 28.0 Å². The van der Waals surface area contributed by atoms with Crippen LogP contribution in [0, 0.1) is 0 Å². The van der Waals surface area contributed by atoms with Gasteiger partial charge in [-0.15, -0.1) is 0 Å². The Morgan fingerprint density at radius 3 is 1.09 bits per heavy atom. The van der Waals surface area contributed by atoms with Crippen LogP contribution in [0.25, 0.3) is 0 Å². The maximum atomic E-state index is 12.2. The number of esters is 2. The average Bonchev–Trinajstić information content (AvgIpc) is 2.82. The van der Waals surface area contributed by atoms with E-state index in [0.717, 1.165) is 73.9 Å². The predicted octanol–water partition coefficient (Wildman–Crippen LogP) is 4.50. The summed E-state index contributed by atoms with van der Waals surface area (Å²) in [5.41, 5.74) is 1.11. The van der Waals surface area contributed by atoms with Crippen molar-refractivity contribution in [1.29, 1.82) is 0 Å². The predicted molar refractivity (Wildman–Crippen MR) is 132 cm³/mol. The van der Waals surface area contributed by atoms with Gasteiger partial charge in [0.25, 0.3) is 0 Å². The van der Waals surface area contributed by atoms with Crippen molar-refractivity contribution in [2.75, 3.05) is 65.6 Å². The fourth-order valence-electron chi connectivity index (χ4n) is 4.04. The quantitative estimate of drug-likeness (QED) is 0.125. The third-order valence-electron chi connectivity index (χ3n) is 7.16. The number of unbranched alkanes of at least 4 members (excludes halogenated alkanes) is 3. The number of hydrogen-bond acceptors (Lipinski definition) is 4. The van der Waals surface area contributed by atoms with Crippen LogP contribution in [0.1, 0.15) is 67.2 Å². The van der Waals surface area contributed by atoms with Gasteiger partial charge in [-0.25, -0.2) is 9.59 Å². The number of carbonyl (C=O) groups is 2. The molecular formula is C26H50N2O4+2. The molecule has 0 aliphatic carbocycles. The summed E-state index contributed by atoms with van der Waals surface area (Å²) in [5.74, 6) is -0.563. The Balaban J connectivity index is 4.03. The van der Waals surface area contributed by atoms with Crippen molar-refractivity contribution in [3.05, 3.63) is 24.3 Å². The summed E-state index contributed by atoms with van der Waals surface area (Å²) in [7, 11) is 0. The van der Waals surface area contributed by atoms with E-state index in [9.17, 15) is 9.59 Å². The van der Waals surface area contributed by atoms with E-state index in [-0.39, 0.29) is 11.9 Å². The number of quaternary nitrogens is 2. The molecule has 0 rings (SSSR count). The Morgan fingerprint density at radius 2 is 0.844 bits per heavy atom. The minimum Gasteiger partial charge on any atom is -0.462 e. The zero-order chi connectivity index (χ0) is 24.6. The van der Waals surface area contributed by atoms with Crippen LogP contribution in [0.2, 0.25) is 0 Å². The first-order chi connectivity index (χ1) is 15.2. The van der Waals surface area contributed by atoms with Crippen LogP contribution in [0.5, 0.6) is 0 Å². The van der Waals surface area contributed by atoms with Crippen LogP contribution in [0.3, 0.4) is 0 Å². The van der Waals surface area contributed by atoms with Gasteiger partial charge in [0.15, 0.2) is 0 Å². The van der Waals surface area contributed by atoms with E-state index in [2.05, 4.69) is 54.7 Å². The van der Waals surface area contributed by atoms with Gasteiger partial charge >= 0.3 is 11.9 Å². The van der Waals surface area contributed by atoms with Crippen LogP contribution in [-0.4, -0.2) is 86.5 Å². The van der Waals surface area contributed by atoms with Crippen molar-refractivity contribution in [3.8, 4) is 0 Å². The van der Waals surface area contributed by atoms with Crippen LogP contribution < -0.4 is 0 Å². The highest BCUT2D eigenvalue weighted by atomic mass is 16.5. The molecule has 0 aromatic rings. The number of rotatable bonds is 19. The van der Waals surface area contributed by atoms with E-state index in [1.54, 1.807) is 0 Å². The van der Waals surface area contributed by atoms with E-state index >= 15 is 0 Å². The molecule has 0 aromatic carbocycles.